The van der Waals surface area contributed by atoms with Crippen LogP contribution in [0.3, 0.4) is 0 Å². The zero-order valence-electron chi connectivity index (χ0n) is 22.4. The second kappa shape index (κ2) is 12.6. The van der Waals surface area contributed by atoms with Crippen molar-refractivity contribution in [1.29, 1.82) is 0 Å². The molecule has 2 aromatic heterocycles. The van der Waals surface area contributed by atoms with Gasteiger partial charge in [0.05, 0.1) is 18.1 Å². The fourth-order valence-electron chi connectivity index (χ4n) is 5.16. The van der Waals surface area contributed by atoms with Crippen molar-refractivity contribution in [2.75, 3.05) is 30.8 Å². The van der Waals surface area contributed by atoms with Crippen LogP contribution in [0.25, 0.3) is 11.2 Å². The third-order valence-corrected chi connectivity index (χ3v) is 8.40. The van der Waals surface area contributed by atoms with E-state index >= 15 is 0 Å². The number of rotatable bonds is 13. The molecular formula is C27H37N7O4S. The Hall–Kier alpha value is -2.80. The molecule has 39 heavy (non-hydrogen) atoms. The normalized spacial score (nSPS) is 26.2. The van der Waals surface area contributed by atoms with Gasteiger partial charge in [0, 0.05) is 37.5 Å². The number of thioether (sulfide) groups is 1. The van der Waals surface area contributed by atoms with E-state index in [1.54, 1.807) is 16.4 Å². The van der Waals surface area contributed by atoms with Gasteiger partial charge in [-0.1, -0.05) is 54.2 Å². The Morgan fingerprint density at radius 1 is 1.15 bits per heavy atom. The molecule has 0 saturated heterocycles. The number of nitrogens with one attached hydrogen (secondary N) is 2. The van der Waals surface area contributed by atoms with Crippen molar-refractivity contribution in [1.82, 2.24) is 30.3 Å². The highest BCUT2D eigenvalue weighted by molar-refractivity contribution is 7.99. The van der Waals surface area contributed by atoms with Crippen molar-refractivity contribution in [3.8, 4) is 0 Å². The van der Waals surface area contributed by atoms with Crippen molar-refractivity contribution in [2.24, 2.45) is 5.92 Å². The summed E-state index contributed by atoms with van der Waals surface area (Å²) in [5.41, 5.74) is 2.28. The zero-order chi connectivity index (χ0) is 27.4. The number of carbonyl (C=O) groups is 1. The molecule has 2 aliphatic rings. The summed E-state index contributed by atoms with van der Waals surface area (Å²) in [5.74, 6) is 0.825. The van der Waals surface area contributed by atoms with E-state index in [2.05, 4.69) is 52.1 Å². The standard InChI is InChI=1S/C27H37N7O4S/c1-3-13-39-27-30-24(29-19-14-17(19)16-9-6-5-7-10-16)21-25(31-27)34(33-32-21)20-15-18(22(35)23(20)36)26(37)28-11-8-12-38-4-2/h5-7,9-10,17-20,22-23,35-36H,3-4,8,11-15H2,1-2H3,(H,28,37)(H,29,30,31)/t17?,18-,19?,20+,22+,23-/m1/s1. The summed E-state index contributed by atoms with van der Waals surface area (Å²) >= 11 is 1.55. The predicted molar refractivity (Wildman–Crippen MR) is 149 cm³/mol. The maximum atomic E-state index is 12.8. The van der Waals surface area contributed by atoms with Crippen molar-refractivity contribution < 1.29 is 19.7 Å². The van der Waals surface area contributed by atoms with E-state index in [-0.39, 0.29) is 18.4 Å². The molecule has 2 saturated carbocycles. The lowest BCUT2D eigenvalue weighted by Gasteiger charge is -2.17. The Morgan fingerprint density at radius 3 is 2.74 bits per heavy atom. The number of aliphatic hydroxyl groups is 2. The van der Waals surface area contributed by atoms with Crippen LogP contribution in [-0.2, 0) is 9.53 Å². The molecule has 2 heterocycles. The van der Waals surface area contributed by atoms with Crippen LogP contribution in [0.2, 0.25) is 0 Å². The second-order valence-corrected chi connectivity index (χ2v) is 11.2. The number of hydrogen-bond acceptors (Lipinski definition) is 10. The van der Waals surface area contributed by atoms with Crippen LogP contribution >= 0.6 is 11.8 Å². The number of hydrogen-bond donors (Lipinski definition) is 4. The maximum Gasteiger partial charge on any atom is 0.225 e. The minimum Gasteiger partial charge on any atom is -0.390 e. The van der Waals surface area contributed by atoms with Crippen molar-refractivity contribution in [3.63, 3.8) is 0 Å². The van der Waals surface area contributed by atoms with E-state index in [4.69, 9.17) is 14.7 Å². The van der Waals surface area contributed by atoms with Crippen LogP contribution in [0.5, 0.6) is 0 Å². The van der Waals surface area contributed by atoms with Gasteiger partial charge in [-0.2, -0.15) is 0 Å². The molecule has 0 spiro atoms. The number of nitrogens with zero attached hydrogens (tertiary/aromatic N) is 5. The fraction of sp³-hybridized carbons (Fsp3) is 0.593. The predicted octanol–water partition coefficient (Wildman–Crippen LogP) is 2.52. The average molecular weight is 556 g/mol. The SMILES string of the molecule is CCCSc1nc(NC2CC2c2ccccc2)c2nnn([C@H]3C[C@@H](C(=O)NCCCOCC)[C@H](O)[C@@H]3O)c2n1. The van der Waals surface area contributed by atoms with E-state index in [0.29, 0.717) is 54.2 Å². The lowest BCUT2D eigenvalue weighted by Crippen LogP contribution is -2.38. The molecule has 5 rings (SSSR count). The van der Waals surface area contributed by atoms with Gasteiger partial charge in [-0.05, 0) is 38.2 Å². The first kappa shape index (κ1) is 27.8. The molecule has 0 aliphatic heterocycles. The van der Waals surface area contributed by atoms with Crippen molar-refractivity contribution in [2.45, 2.75) is 74.9 Å². The van der Waals surface area contributed by atoms with Gasteiger partial charge >= 0.3 is 0 Å². The smallest absolute Gasteiger partial charge is 0.225 e. The first-order chi connectivity index (χ1) is 19.0. The molecular weight excluding hydrogens is 518 g/mol. The largest absolute Gasteiger partial charge is 0.390 e. The number of benzene rings is 1. The monoisotopic (exact) mass is 555 g/mol. The highest BCUT2D eigenvalue weighted by atomic mass is 32.2. The number of ether oxygens (including phenoxy) is 1. The summed E-state index contributed by atoms with van der Waals surface area (Å²) in [7, 11) is 0. The molecule has 6 atom stereocenters. The third kappa shape index (κ3) is 6.19. The molecule has 0 radical (unpaired) electrons. The van der Waals surface area contributed by atoms with Crippen LogP contribution in [-0.4, -0.2) is 84.8 Å². The van der Waals surface area contributed by atoms with Gasteiger partial charge in [0.25, 0.3) is 0 Å². The summed E-state index contributed by atoms with van der Waals surface area (Å²) < 4.78 is 6.86. The van der Waals surface area contributed by atoms with Gasteiger partial charge in [-0.3, -0.25) is 4.79 Å². The molecule has 2 fully saturated rings. The zero-order valence-corrected chi connectivity index (χ0v) is 23.2. The summed E-state index contributed by atoms with van der Waals surface area (Å²) in [5, 5.41) is 37.4. The van der Waals surface area contributed by atoms with Crippen LogP contribution < -0.4 is 10.6 Å². The molecule has 0 bridgehead atoms. The Balaban J connectivity index is 1.35. The number of carbonyl (C=O) groups excluding carboxylic acids is 1. The van der Waals surface area contributed by atoms with E-state index in [0.717, 1.165) is 18.6 Å². The average Bonchev–Trinajstić information content (AvgIpc) is 3.49. The van der Waals surface area contributed by atoms with Gasteiger partial charge in [-0.15, -0.1) is 5.10 Å². The number of aromatic nitrogens is 5. The van der Waals surface area contributed by atoms with E-state index < -0.39 is 24.2 Å². The number of anilines is 1. The summed E-state index contributed by atoms with van der Waals surface area (Å²) in [4.78, 5) is 22.3. The molecule has 210 valence electrons. The highest BCUT2D eigenvalue weighted by Gasteiger charge is 2.47. The first-order valence-corrected chi connectivity index (χ1v) is 14.8. The highest BCUT2D eigenvalue weighted by Crippen LogP contribution is 2.43. The number of fused-ring (bicyclic) bond motifs is 1. The first-order valence-electron chi connectivity index (χ1n) is 13.8. The van der Waals surface area contributed by atoms with E-state index in [1.165, 1.54) is 5.56 Å². The minimum absolute atomic E-state index is 0.223. The number of aliphatic hydroxyl groups excluding tert-OH is 2. The number of amides is 1. The molecule has 4 N–H and O–H groups in total. The Bertz CT molecular complexity index is 1260. The molecule has 12 heteroatoms. The Kier molecular flexibility index (Phi) is 8.96. The Labute approximate surface area is 232 Å². The van der Waals surface area contributed by atoms with Crippen molar-refractivity contribution >= 4 is 34.7 Å². The van der Waals surface area contributed by atoms with Crippen LogP contribution in [0.1, 0.15) is 57.1 Å². The third-order valence-electron chi connectivity index (χ3n) is 7.35. The van der Waals surface area contributed by atoms with E-state index in [9.17, 15) is 15.0 Å². The topological polar surface area (TPSA) is 147 Å². The van der Waals surface area contributed by atoms with Gasteiger partial charge < -0.3 is 25.6 Å². The van der Waals surface area contributed by atoms with Crippen molar-refractivity contribution in [3.05, 3.63) is 35.9 Å². The summed E-state index contributed by atoms with van der Waals surface area (Å²) in [6, 6.07) is 9.98. The Morgan fingerprint density at radius 2 is 1.97 bits per heavy atom. The van der Waals surface area contributed by atoms with Gasteiger partial charge in [0.1, 0.15) is 6.10 Å². The molecule has 1 aromatic carbocycles. The van der Waals surface area contributed by atoms with E-state index in [1.807, 2.05) is 13.0 Å². The lowest BCUT2D eigenvalue weighted by molar-refractivity contribution is -0.128. The maximum absolute atomic E-state index is 12.8. The van der Waals surface area contributed by atoms with Crippen LogP contribution in [0.4, 0.5) is 5.82 Å². The van der Waals surface area contributed by atoms with Crippen LogP contribution in [0.15, 0.2) is 35.5 Å². The quantitative estimate of drug-likeness (QED) is 0.141. The van der Waals surface area contributed by atoms with Gasteiger partial charge in [0.2, 0.25) is 5.91 Å². The molecule has 2 unspecified atom stereocenters. The molecule has 3 aromatic rings. The molecule has 2 aliphatic carbocycles. The minimum atomic E-state index is -1.22. The molecule has 11 nitrogen and oxygen atoms in total. The summed E-state index contributed by atoms with van der Waals surface area (Å²) in [6.07, 6.45) is 0.474. The molecule has 1 amide bonds. The van der Waals surface area contributed by atoms with Crippen LogP contribution in [0, 0.1) is 5.92 Å². The summed E-state index contributed by atoms with van der Waals surface area (Å²) in [6.45, 7) is 5.65. The second-order valence-electron chi connectivity index (χ2n) is 10.1. The lowest BCUT2D eigenvalue weighted by atomic mass is 10.0. The fourth-order valence-corrected chi connectivity index (χ4v) is 5.86. The van der Waals surface area contributed by atoms with Gasteiger partial charge in [-0.25, -0.2) is 14.6 Å². The van der Waals surface area contributed by atoms with Gasteiger partial charge in [0.15, 0.2) is 22.1 Å².